The predicted octanol–water partition coefficient (Wildman–Crippen LogP) is 1.98. The molecule has 51 heavy (non-hydrogen) atoms. The lowest BCUT2D eigenvalue weighted by atomic mass is 10.1. The molecule has 3 amide bonds. The summed E-state index contributed by atoms with van der Waals surface area (Å²) >= 11 is 0. The zero-order valence-electron chi connectivity index (χ0n) is 28.8. The number of hydrogen-bond donors (Lipinski definition) is 5. The molecule has 2 aromatic heterocycles. The first-order chi connectivity index (χ1) is 24.6. The molecule has 16 heteroatoms. The van der Waals surface area contributed by atoms with Crippen LogP contribution in [0.25, 0.3) is 11.0 Å². The highest BCUT2D eigenvalue weighted by Crippen LogP contribution is 2.33. The molecule has 0 aliphatic carbocycles. The Morgan fingerprint density at radius 1 is 1.02 bits per heavy atom. The number of aryl methyl sites for hydroxylation is 2. The van der Waals surface area contributed by atoms with Crippen LogP contribution < -0.4 is 37.3 Å². The molecule has 0 atom stereocenters. The van der Waals surface area contributed by atoms with E-state index in [9.17, 15) is 14.4 Å². The van der Waals surface area contributed by atoms with Gasteiger partial charge in [0.1, 0.15) is 35.0 Å². The van der Waals surface area contributed by atoms with Crippen molar-refractivity contribution in [2.24, 2.45) is 11.5 Å². The number of morpholine rings is 1. The minimum absolute atomic E-state index is 0.0800. The van der Waals surface area contributed by atoms with Crippen molar-refractivity contribution >= 4 is 46.1 Å². The van der Waals surface area contributed by atoms with Crippen molar-refractivity contribution in [3.8, 4) is 23.3 Å². The van der Waals surface area contributed by atoms with Crippen LogP contribution in [-0.4, -0.2) is 95.1 Å². The van der Waals surface area contributed by atoms with Gasteiger partial charge in [-0.15, -0.1) is 0 Å². The first-order valence-corrected chi connectivity index (χ1v) is 16.3. The fraction of sp³-hybridized carbons (Fsp3) is 0.343. The van der Waals surface area contributed by atoms with Gasteiger partial charge >= 0.3 is 0 Å². The molecule has 2 aromatic carbocycles. The van der Waals surface area contributed by atoms with Crippen molar-refractivity contribution in [3.05, 3.63) is 65.0 Å². The summed E-state index contributed by atoms with van der Waals surface area (Å²) in [5, 5.41) is 10.5. The molecule has 0 bridgehead atoms. The number of amides is 3. The Labute approximate surface area is 294 Å². The molecular formula is C35H42N10O6. The summed E-state index contributed by atoms with van der Waals surface area (Å²) in [5.41, 5.74) is 20.6. The van der Waals surface area contributed by atoms with E-state index in [2.05, 4.69) is 37.5 Å². The first kappa shape index (κ1) is 36.2. The van der Waals surface area contributed by atoms with Gasteiger partial charge in [-0.25, -0.2) is 4.98 Å². The number of hydrogen-bond acceptors (Lipinski definition) is 11. The van der Waals surface area contributed by atoms with Gasteiger partial charge in [0.2, 0.25) is 17.8 Å². The molecule has 1 fully saturated rings. The molecule has 8 N–H and O–H groups in total. The number of carbonyl (C=O) groups excluding carboxylic acids is 3. The van der Waals surface area contributed by atoms with Crippen LogP contribution in [0.3, 0.4) is 0 Å². The van der Waals surface area contributed by atoms with Crippen molar-refractivity contribution in [1.29, 1.82) is 0 Å². The zero-order chi connectivity index (χ0) is 36.5. The molecule has 1 aliphatic heterocycles. The molecule has 16 nitrogen and oxygen atoms in total. The maximum absolute atomic E-state index is 13.4. The number of fused-ring (bicyclic) bond motifs is 1. The van der Waals surface area contributed by atoms with Gasteiger partial charge in [-0.1, -0.05) is 24.0 Å². The number of carbonyl (C=O) groups is 3. The number of rotatable bonds is 14. The number of ether oxygens (including phenoxy) is 3. The van der Waals surface area contributed by atoms with Crippen molar-refractivity contribution in [2.45, 2.75) is 26.9 Å². The standard InChI is InChI=1S/C35H42N10O6/c1-4-45-27(17-22(2)42-45)34(48)41-35-40-26-19-24(33(38)47)21-29(49-3)31(26)44(35)11-6-5-9-39-30-25(36)18-23(32(37)46)20-28(30)51-14-8-7-10-43-12-15-50-16-13-43/h5-6,17-21,39H,4,9-16,36H2,1-3H3,(H2,37,46)(H2,38,47)(H,40,41,48)/b6-5+. The maximum atomic E-state index is 13.4. The van der Waals surface area contributed by atoms with E-state index < -0.39 is 17.7 Å². The summed E-state index contributed by atoms with van der Waals surface area (Å²) in [7, 11) is 1.47. The first-order valence-electron chi connectivity index (χ1n) is 16.3. The van der Waals surface area contributed by atoms with E-state index in [1.54, 1.807) is 21.4 Å². The number of nitrogens with two attached hydrogens (primary N) is 3. The Bertz CT molecular complexity index is 2020. The summed E-state index contributed by atoms with van der Waals surface area (Å²) in [4.78, 5) is 44.2. The third-order valence-electron chi connectivity index (χ3n) is 8.07. The minimum atomic E-state index is -0.643. The van der Waals surface area contributed by atoms with Crippen LogP contribution in [0.5, 0.6) is 11.5 Å². The summed E-state index contributed by atoms with van der Waals surface area (Å²) in [6.07, 6.45) is 3.71. The monoisotopic (exact) mass is 698 g/mol. The number of imidazole rings is 1. The highest BCUT2D eigenvalue weighted by Gasteiger charge is 2.21. The van der Waals surface area contributed by atoms with Gasteiger partial charge in [-0.2, -0.15) is 5.10 Å². The number of primary amides is 2. The molecule has 0 spiro atoms. The highest BCUT2D eigenvalue weighted by atomic mass is 16.5. The summed E-state index contributed by atoms with van der Waals surface area (Å²) in [5.74, 6) is 5.34. The van der Waals surface area contributed by atoms with Crippen LogP contribution in [-0.2, 0) is 17.8 Å². The Morgan fingerprint density at radius 2 is 1.75 bits per heavy atom. The Morgan fingerprint density at radius 3 is 2.45 bits per heavy atom. The third-order valence-corrected chi connectivity index (χ3v) is 8.07. The highest BCUT2D eigenvalue weighted by molar-refractivity contribution is 6.04. The fourth-order valence-corrected chi connectivity index (χ4v) is 5.53. The molecule has 1 aliphatic rings. The van der Waals surface area contributed by atoms with Crippen molar-refractivity contribution in [2.75, 3.05) is 69.5 Å². The fourth-order valence-electron chi connectivity index (χ4n) is 5.53. The van der Waals surface area contributed by atoms with Crippen LogP contribution in [0.2, 0.25) is 0 Å². The number of allylic oxidation sites excluding steroid dienone is 1. The van der Waals surface area contributed by atoms with E-state index in [1.165, 1.54) is 25.3 Å². The molecule has 5 rings (SSSR count). The second-order valence-electron chi connectivity index (χ2n) is 11.6. The van der Waals surface area contributed by atoms with Gasteiger partial charge < -0.3 is 41.3 Å². The molecule has 0 unspecified atom stereocenters. The van der Waals surface area contributed by atoms with E-state index in [4.69, 9.17) is 31.4 Å². The average Bonchev–Trinajstić information content (AvgIpc) is 3.67. The number of aromatic nitrogens is 4. The normalized spacial score (nSPS) is 13.2. The van der Waals surface area contributed by atoms with E-state index in [-0.39, 0.29) is 35.9 Å². The van der Waals surface area contributed by atoms with E-state index >= 15 is 0 Å². The molecule has 4 aromatic rings. The van der Waals surface area contributed by atoms with Gasteiger partial charge in [-0.05, 0) is 44.2 Å². The summed E-state index contributed by atoms with van der Waals surface area (Å²) in [6, 6.07) is 7.78. The number of methoxy groups -OCH3 is 1. The van der Waals surface area contributed by atoms with Gasteiger partial charge in [-0.3, -0.25) is 29.3 Å². The Hall–Kier alpha value is -6.05. The van der Waals surface area contributed by atoms with E-state index in [0.717, 1.165) is 13.1 Å². The lowest BCUT2D eigenvalue weighted by Crippen LogP contribution is -2.36. The van der Waals surface area contributed by atoms with Crippen LogP contribution in [0.1, 0.15) is 43.8 Å². The SMILES string of the molecule is CCn1nc(C)cc1C(=O)Nc1nc2cc(C(N)=O)cc(OC)c2n1C/C=C/CNc1c(N)cc(C(N)=O)cc1OCC#CCN1CCOCC1. The molecule has 1 saturated heterocycles. The summed E-state index contributed by atoms with van der Waals surface area (Å²) in [6.45, 7) is 8.49. The predicted molar refractivity (Wildman–Crippen MR) is 193 cm³/mol. The molecule has 0 saturated carbocycles. The topological polar surface area (TPSA) is 220 Å². The average molecular weight is 699 g/mol. The largest absolute Gasteiger partial charge is 0.494 e. The Balaban J connectivity index is 1.34. The summed E-state index contributed by atoms with van der Waals surface area (Å²) < 4.78 is 20.3. The van der Waals surface area contributed by atoms with Crippen LogP contribution in [0.4, 0.5) is 17.3 Å². The van der Waals surface area contributed by atoms with Gasteiger partial charge in [0, 0.05) is 43.9 Å². The molecule has 268 valence electrons. The number of benzene rings is 2. The van der Waals surface area contributed by atoms with Gasteiger partial charge in [0.25, 0.3) is 5.91 Å². The van der Waals surface area contributed by atoms with Crippen molar-refractivity contribution in [3.63, 3.8) is 0 Å². The smallest absolute Gasteiger partial charge is 0.276 e. The third kappa shape index (κ3) is 8.76. The number of nitrogens with one attached hydrogen (secondary N) is 2. The van der Waals surface area contributed by atoms with Crippen LogP contribution in [0.15, 0.2) is 42.5 Å². The van der Waals surface area contributed by atoms with Gasteiger partial charge in [0.05, 0.1) is 43.8 Å². The van der Waals surface area contributed by atoms with E-state index in [0.29, 0.717) is 72.5 Å². The number of nitrogen functional groups attached to an aromatic ring is 1. The quantitative estimate of drug-likeness (QED) is 0.0728. The molecule has 3 heterocycles. The minimum Gasteiger partial charge on any atom is -0.494 e. The maximum Gasteiger partial charge on any atom is 0.276 e. The zero-order valence-corrected chi connectivity index (χ0v) is 28.8. The lowest BCUT2D eigenvalue weighted by Gasteiger charge is -2.24. The second-order valence-corrected chi connectivity index (χ2v) is 11.6. The Kier molecular flexibility index (Phi) is 11.8. The number of anilines is 3. The lowest BCUT2D eigenvalue weighted by molar-refractivity contribution is 0.0443. The second kappa shape index (κ2) is 16.6. The number of nitrogens with zero attached hydrogens (tertiary/aromatic N) is 5. The van der Waals surface area contributed by atoms with Crippen molar-refractivity contribution in [1.82, 2.24) is 24.2 Å². The van der Waals surface area contributed by atoms with Gasteiger partial charge in [0.15, 0.2) is 0 Å². The molecular weight excluding hydrogens is 656 g/mol. The van der Waals surface area contributed by atoms with E-state index in [1.807, 2.05) is 26.0 Å². The molecule has 0 radical (unpaired) electrons. The van der Waals surface area contributed by atoms with Crippen molar-refractivity contribution < 1.29 is 28.6 Å². The van der Waals surface area contributed by atoms with Crippen LogP contribution in [0, 0.1) is 18.8 Å². The van der Waals surface area contributed by atoms with Crippen LogP contribution >= 0.6 is 0 Å².